The molecule has 0 spiro atoms. The minimum atomic E-state index is -0.203. The van der Waals surface area contributed by atoms with Crippen molar-refractivity contribution in [1.29, 1.82) is 0 Å². The number of aryl methyl sites for hydroxylation is 2. The third-order valence-corrected chi connectivity index (χ3v) is 2.20. The first-order chi connectivity index (χ1) is 6.22. The van der Waals surface area contributed by atoms with E-state index in [9.17, 15) is 4.39 Å². The Morgan fingerprint density at radius 3 is 2.92 bits per heavy atom. The molecule has 0 N–H and O–H groups in total. The Kier molecular flexibility index (Phi) is 1.79. The van der Waals surface area contributed by atoms with Crippen molar-refractivity contribution in [2.75, 3.05) is 0 Å². The number of benzene rings is 1. The first-order valence-electron chi connectivity index (χ1n) is 4.35. The van der Waals surface area contributed by atoms with Crippen LogP contribution in [0.15, 0.2) is 18.2 Å². The highest BCUT2D eigenvalue weighted by atomic mass is 19.1. The summed E-state index contributed by atoms with van der Waals surface area (Å²) in [5, 5.41) is 5.20. The van der Waals surface area contributed by atoms with E-state index in [4.69, 9.17) is 0 Å². The van der Waals surface area contributed by atoms with Crippen LogP contribution in [0.4, 0.5) is 4.39 Å². The van der Waals surface area contributed by atoms with Gasteiger partial charge in [-0.3, -0.25) is 4.68 Å². The van der Waals surface area contributed by atoms with Crippen LogP contribution in [0.2, 0.25) is 0 Å². The Labute approximate surface area is 76.0 Å². The molecule has 2 aromatic rings. The van der Waals surface area contributed by atoms with E-state index in [1.165, 1.54) is 12.1 Å². The zero-order valence-corrected chi connectivity index (χ0v) is 7.71. The highest BCUT2D eigenvalue weighted by Gasteiger charge is 2.05. The molecule has 0 saturated heterocycles. The van der Waals surface area contributed by atoms with E-state index in [0.717, 1.165) is 23.1 Å². The van der Waals surface area contributed by atoms with Gasteiger partial charge >= 0.3 is 0 Å². The zero-order valence-electron chi connectivity index (χ0n) is 7.71. The summed E-state index contributed by atoms with van der Waals surface area (Å²) in [6.45, 7) is 4.74. The molecule has 0 unspecified atom stereocenters. The third kappa shape index (κ3) is 1.20. The molecular formula is C10H11FN2. The molecule has 1 aromatic heterocycles. The average Bonchev–Trinajstić information content (AvgIpc) is 2.43. The molecule has 68 valence electrons. The summed E-state index contributed by atoms with van der Waals surface area (Å²) in [7, 11) is 0. The second-order valence-electron chi connectivity index (χ2n) is 3.06. The lowest BCUT2D eigenvalue weighted by atomic mass is 10.2. The fourth-order valence-electron chi connectivity index (χ4n) is 1.55. The Bertz CT molecular complexity index is 445. The molecular weight excluding hydrogens is 167 g/mol. The monoisotopic (exact) mass is 178 g/mol. The van der Waals surface area contributed by atoms with Gasteiger partial charge in [0.05, 0.1) is 11.2 Å². The van der Waals surface area contributed by atoms with Gasteiger partial charge in [0.2, 0.25) is 0 Å². The summed E-state index contributed by atoms with van der Waals surface area (Å²) in [4.78, 5) is 0. The fraction of sp³-hybridized carbons (Fsp3) is 0.300. The van der Waals surface area contributed by atoms with Crippen LogP contribution in [0, 0.1) is 12.7 Å². The summed E-state index contributed by atoms with van der Waals surface area (Å²) in [5.74, 6) is -0.203. The number of aromatic nitrogens is 2. The molecule has 0 bridgehead atoms. The Morgan fingerprint density at radius 2 is 2.23 bits per heavy atom. The second-order valence-corrected chi connectivity index (χ2v) is 3.06. The standard InChI is InChI=1S/C10H11FN2/c1-3-13-10-5-4-8(11)6-9(10)7(2)12-13/h4-6H,3H2,1-2H3. The lowest BCUT2D eigenvalue weighted by molar-refractivity contribution is 0.629. The number of hydrogen-bond donors (Lipinski definition) is 0. The fourth-order valence-corrected chi connectivity index (χ4v) is 1.55. The van der Waals surface area contributed by atoms with Crippen molar-refractivity contribution in [3.63, 3.8) is 0 Å². The van der Waals surface area contributed by atoms with Gasteiger partial charge < -0.3 is 0 Å². The topological polar surface area (TPSA) is 17.8 Å². The van der Waals surface area contributed by atoms with Crippen LogP contribution in [0.5, 0.6) is 0 Å². The predicted octanol–water partition coefficient (Wildman–Crippen LogP) is 2.50. The minimum absolute atomic E-state index is 0.203. The van der Waals surface area contributed by atoms with Crippen molar-refractivity contribution >= 4 is 10.9 Å². The molecule has 0 aliphatic heterocycles. The molecule has 0 radical (unpaired) electrons. The number of fused-ring (bicyclic) bond motifs is 1. The summed E-state index contributed by atoms with van der Waals surface area (Å²) in [5.41, 5.74) is 1.89. The molecule has 3 heteroatoms. The lowest BCUT2D eigenvalue weighted by Crippen LogP contribution is -1.95. The van der Waals surface area contributed by atoms with Crippen molar-refractivity contribution in [3.05, 3.63) is 29.7 Å². The summed E-state index contributed by atoms with van der Waals surface area (Å²) >= 11 is 0. The average molecular weight is 178 g/mol. The number of rotatable bonds is 1. The molecule has 0 aliphatic carbocycles. The van der Waals surface area contributed by atoms with E-state index in [-0.39, 0.29) is 5.82 Å². The summed E-state index contributed by atoms with van der Waals surface area (Å²) < 4.78 is 14.8. The molecule has 2 nitrogen and oxygen atoms in total. The molecule has 13 heavy (non-hydrogen) atoms. The highest BCUT2D eigenvalue weighted by molar-refractivity contribution is 5.81. The van der Waals surface area contributed by atoms with Crippen molar-refractivity contribution < 1.29 is 4.39 Å². The van der Waals surface area contributed by atoms with E-state index in [0.29, 0.717) is 0 Å². The molecule has 0 amide bonds. The van der Waals surface area contributed by atoms with Crippen molar-refractivity contribution in [2.45, 2.75) is 20.4 Å². The molecule has 0 atom stereocenters. The maximum atomic E-state index is 12.9. The Balaban J connectivity index is 2.80. The molecule has 0 saturated carbocycles. The number of nitrogens with zero attached hydrogens (tertiary/aromatic N) is 2. The molecule has 2 rings (SSSR count). The van der Waals surface area contributed by atoms with Crippen LogP contribution >= 0.6 is 0 Å². The van der Waals surface area contributed by atoms with Crippen LogP contribution in [0.25, 0.3) is 10.9 Å². The Hall–Kier alpha value is -1.38. The van der Waals surface area contributed by atoms with E-state index in [1.807, 2.05) is 18.5 Å². The third-order valence-electron chi connectivity index (χ3n) is 2.20. The van der Waals surface area contributed by atoms with Gasteiger partial charge in [-0.05, 0) is 32.0 Å². The van der Waals surface area contributed by atoms with E-state index >= 15 is 0 Å². The van der Waals surface area contributed by atoms with Crippen LogP contribution in [-0.4, -0.2) is 9.78 Å². The van der Waals surface area contributed by atoms with Crippen LogP contribution in [-0.2, 0) is 6.54 Å². The number of halogens is 1. The maximum absolute atomic E-state index is 12.9. The molecule has 0 fully saturated rings. The van der Waals surface area contributed by atoms with Gasteiger partial charge in [0, 0.05) is 11.9 Å². The number of hydrogen-bond acceptors (Lipinski definition) is 1. The molecule has 1 aromatic carbocycles. The van der Waals surface area contributed by atoms with E-state index in [1.54, 1.807) is 6.07 Å². The zero-order chi connectivity index (χ0) is 9.42. The van der Waals surface area contributed by atoms with Crippen molar-refractivity contribution in [3.8, 4) is 0 Å². The van der Waals surface area contributed by atoms with Crippen LogP contribution in [0.1, 0.15) is 12.6 Å². The first-order valence-corrected chi connectivity index (χ1v) is 4.35. The minimum Gasteiger partial charge on any atom is -0.265 e. The van der Waals surface area contributed by atoms with Gasteiger partial charge in [-0.15, -0.1) is 0 Å². The van der Waals surface area contributed by atoms with Gasteiger partial charge in [0.25, 0.3) is 0 Å². The molecule has 0 aliphatic rings. The smallest absolute Gasteiger partial charge is 0.124 e. The van der Waals surface area contributed by atoms with Gasteiger partial charge in [0.1, 0.15) is 5.82 Å². The van der Waals surface area contributed by atoms with Gasteiger partial charge in [-0.25, -0.2) is 4.39 Å². The summed E-state index contributed by atoms with van der Waals surface area (Å²) in [6.07, 6.45) is 0. The van der Waals surface area contributed by atoms with E-state index < -0.39 is 0 Å². The van der Waals surface area contributed by atoms with E-state index in [2.05, 4.69) is 5.10 Å². The van der Waals surface area contributed by atoms with Crippen LogP contribution in [0.3, 0.4) is 0 Å². The van der Waals surface area contributed by atoms with Crippen LogP contribution < -0.4 is 0 Å². The van der Waals surface area contributed by atoms with Crippen molar-refractivity contribution in [2.24, 2.45) is 0 Å². The quantitative estimate of drug-likeness (QED) is 0.656. The highest BCUT2D eigenvalue weighted by Crippen LogP contribution is 2.18. The van der Waals surface area contributed by atoms with Gasteiger partial charge in [-0.2, -0.15) is 5.10 Å². The molecule has 1 heterocycles. The summed E-state index contributed by atoms with van der Waals surface area (Å²) in [6, 6.07) is 4.77. The predicted molar refractivity (Wildman–Crippen MR) is 50.1 cm³/mol. The SMILES string of the molecule is CCn1nc(C)c2cc(F)ccc21. The lowest BCUT2D eigenvalue weighted by Gasteiger charge is -1.96. The second kappa shape index (κ2) is 2.83. The normalized spacial score (nSPS) is 11.0. The van der Waals surface area contributed by atoms with Gasteiger partial charge in [-0.1, -0.05) is 0 Å². The van der Waals surface area contributed by atoms with Gasteiger partial charge in [0.15, 0.2) is 0 Å². The largest absolute Gasteiger partial charge is 0.265 e. The Morgan fingerprint density at radius 1 is 1.46 bits per heavy atom. The maximum Gasteiger partial charge on any atom is 0.124 e. The first kappa shape index (κ1) is 8.23. The van der Waals surface area contributed by atoms with Crippen molar-refractivity contribution in [1.82, 2.24) is 9.78 Å².